The van der Waals surface area contributed by atoms with Crippen LogP contribution in [0.2, 0.25) is 0 Å². The molecule has 0 spiro atoms. The Morgan fingerprint density at radius 2 is 1.85 bits per heavy atom. The normalized spacial score (nSPS) is 16.2. The van der Waals surface area contributed by atoms with Gasteiger partial charge in [0.2, 0.25) is 0 Å². The Balaban J connectivity index is 1.31. The van der Waals surface area contributed by atoms with Crippen molar-refractivity contribution < 1.29 is 13.7 Å². The van der Waals surface area contributed by atoms with Crippen LogP contribution >= 0.6 is 11.3 Å². The molecule has 0 N–H and O–H groups in total. The molecular formula is C20H18FN3O2S. The number of hydrogen-bond acceptors (Lipinski definition) is 5. The van der Waals surface area contributed by atoms with Gasteiger partial charge in [-0.05, 0) is 48.6 Å². The van der Waals surface area contributed by atoms with Crippen LogP contribution in [0.15, 0.2) is 40.2 Å². The fourth-order valence-electron chi connectivity index (χ4n) is 3.87. The molecule has 0 unspecified atom stereocenters. The number of rotatable bonds is 2. The van der Waals surface area contributed by atoms with Gasteiger partial charge in [0.15, 0.2) is 11.5 Å². The highest BCUT2D eigenvalue weighted by atomic mass is 32.1. The summed E-state index contributed by atoms with van der Waals surface area (Å²) in [4.78, 5) is 18.3. The fraction of sp³-hybridized carbons (Fsp3) is 0.300. The molecule has 27 heavy (non-hydrogen) atoms. The Morgan fingerprint density at radius 1 is 1.07 bits per heavy atom. The van der Waals surface area contributed by atoms with Gasteiger partial charge in [0, 0.05) is 47.9 Å². The molecular weight excluding hydrogens is 365 g/mol. The number of fused-ring (bicyclic) bond motifs is 3. The number of aromatic nitrogens is 1. The van der Waals surface area contributed by atoms with Crippen LogP contribution in [0, 0.1) is 5.82 Å². The Hall–Kier alpha value is -2.67. The summed E-state index contributed by atoms with van der Waals surface area (Å²) in [5.74, 6) is 0.459. The molecule has 1 aliphatic carbocycles. The van der Waals surface area contributed by atoms with E-state index in [0.717, 1.165) is 35.4 Å². The van der Waals surface area contributed by atoms with Crippen molar-refractivity contribution in [2.75, 3.05) is 31.1 Å². The van der Waals surface area contributed by atoms with Crippen molar-refractivity contribution in [1.29, 1.82) is 0 Å². The van der Waals surface area contributed by atoms with Crippen molar-refractivity contribution >= 4 is 22.9 Å². The first kappa shape index (κ1) is 16.5. The number of halogens is 1. The monoisotopic (exact) mass is 383 g/mol. The van der Waals surface area contributed by atoms with Gasteiger partial charge >= 0.3 is 0 Å². The number of carbonyl (C=O) groups is 1. The SMILES string of the molecule is O=C(c1noc2c1CCc1sccc1-2)N1CCN(c2ccc(F)cc2)CC1. The molecule has 0 bridgehead atoms. The van der Waals surface area contributed by atoms with Crippen LogP contribution in [0.4, 0.5) is 10.1 Å². The minimum absolute atomic E-state index is 0.0579. The molecule has 2 aliphatic rings. The third-order valence-electron chi connectivity index (χ3n) is 5.34. The van der Waals surface area contributed by atoms with Crippen LogP contribution in [0.25, 0.3) is 11.3 Å². The smallest absolute Gasteiger partial charge is 0.276 e. The molecule has 2 aromatic heterocycles. The zero-order chi connectivity index (χ0) is 18.4. The topological polar surface area (TPSA) is 49.6 Å². The highest BCUT2D eigenvalue weighted by Crippen LogP contribution is 2.38. The van der Waals surface area contributed by atoms with Crippen molar-refractivity contribution in [2.45, 2.75) is 12.8 Å². The van der Waals surface area contributed by atoms with Gasteiger partial charge in [-0.25, -0.2) is 4.39 Å². The molecule has 5 rings (SSSR count). The lowest BCUT2D eigenvalue weighted by Crippen LogP contribution is -2.49. The maximum absolute atomic E-state index is 13.1. The maximum Gasteiger partial charge on any atom is 0.276 e. The molecule has 0 saturated carbocycles. The summed E-state index contributed by atoms with van der Waals surface area (Å²) in [7, 11) is 0. The number of aryl methyl sites for hydroxylation is 1. The second kappa shape index (κ2) is 6.49. The van der Waals surface area contributed by atoms with Crippen molar-refractivity contribution in [3.05, 3.63) is 57.7 Å². The molecule has 0 atom stereocenters. The Morgan fingerprint density at radius 3 is 2.63 bits per heavy atom. The van der Waals surface area contributed by atoms with Gasteiger partial charge in [-0.1, -0.05) is 5.16 Å². The van der Waals surface area contributed by atoms with Crippen molar-refractivity contribution in [3.8, 4) is 11.3 Å². The van der Waals surface area contributed by atoms with Crippen LogP contribution < -0.4 is 4.90 Å². The number of carbonyl (C=O) groups excluding carboxylic acids is 1. The lowest BCUT2D eigenvalue weighted by atomic mass is 9.95. The van der Waals surface area contributed by atoms with E-state index in [9.17, 15) is 9.18 Å². The van der Waals surface area contributed by atoms with Crippen LogP contribution in [0.1, 0.15) is 20.9 Å². The number of hydrogen-bond donors (Lipinski definition) is 0. The van der Waals surface area contributed by atoms with Gasteiger partial charge in [-0.2, -0.15) is 0 Å². The van der Waals surface area contributed by atoms with E-state index in [1.54, 1.807) is 23.5 Å². The van der Waals surface area contributed by atoms with Gasteiger partial charge in [0.1, 0.15) is 5.82 Å². The number of piperazine rings is 1. The quantitative estimate of drug-likeness (QED) is 0.678. The average molecular weight is 383 g/mol. The Bertz CT molecular complexity index is 987. The first-order valence-electron chi connectivity index (χ1n) is 9.06. The number of thiophene rings is 1. The molecule has 3 aromatic rings. The molecule has 5 nitrogen and oxygen atoms in total. The maximum atomic E-state index is 13.1. The van der Waals surface area contributed by atoms with Crippen molar-refractivity contribution in [1.82, 2.24) is 10.1 Å². The lowest BCUT2D eigenvalue weighted by molar-refractivity contribution is 0.0735. The van der Waals surface area contributed by atoms with E-state index in [0.29, 0.717) is 31.9 Å². The lowest BCUT2D eigenvalue weighted by Gasteiger charge is -2.35. The predicted octanol–water partition coefficient (Wildman–Crippen LogP) is 3.60. The number of benzene rings is 1. The summed E-state index contributed by atoms with van der Waals surface area (Å²) in [6.07, 6.45) is 1.73. The zero-order valence-electron chi connectivity index (χ0n) is 14.7. The van der Waals surface area contributed by atoms with Crippen molar-refractivity contribution in [2.24, 2.45) is 0 Å². The van der Waals surface area contributed by atoms with E-state index < -0.39 is 0 Å². The standard InChI is InChI=1S/C20H18FN3O2S/c21-13-1-3-14(4-2-13)23-8-10-24(11-9-23)20(25)18-16-5-6-17-15(7-12-27-17)19(16)26-22-18/h1-4,7,12H,5-6,8-11H2. The van der Waals surface area contributed by atoms with E-state index in [1.807, 2.05) is 11.0 Å². The average Bonchev–Trinajstić information content (AvgIpc) is 3.34. The van der Waals surface area contributed by atoms with Crippen LogP contribution in [0.5, 0.6) is 0 Å². The summed E-state index contributed by atoms with van der Waals surface area (Å²) in [6.45, 7) is 2.65. The molecule has 138 valence electrons. The molecule has 1 saturated heterocycles. The van der Waals surface area contributed by atoms with E-state index in [4.69, 9.17) is 4.52 Å². The summed E-state index contributed by atoms with van der Waals surface area (Å²) in [5, 5.41) is 6.18. The first-order chi connectivity index (χ1) is 13.2. The highest BCUT2D eigenvalue weighted by molar-refractivity contribution is 7.10. The third kappa shape index (κ3) is 2.82. The summed E-state index contributed by atoms with van der Waals surface area (Å²) >= 11 is 1.72. The van der Waals surface area contributed by atoms with Crippen LogP contribution in [-0.2, 0) is 12.8 Å². The van der Waals surface area contributed by atoms with Gasteiger partial charge in [0.25, 0.3) is 5.91 Å². The number of amides is 1. The second-order valence-corrected chi connectivity index (χ2v) is 7.85. The summed E-state index contributed by atoms with van der Waals surface area (Å²) < 4.78 is 18.7. The highest BCUT2D eigenvalue weighted by Gasteiger charge is 2.31. The van der Waals surface area contributed by atoms with Crippen LogP contribution in [0.3, 0.4) is 0 Å². The number of anilines is 1. The van der Waals surface area contributed by atoms with E-state index in [2.05, 4.69) is 15.4 Å². The van der Waals surface area contributed by atoms with E-state index in [-0.39, 0.29) is 11.7 Å². The van der Waals surface area contributed by atoms with Gasteiger partial charge in [-0.15, -0.1) is 11.3 Å². The van der Waals surface area contributed by atoms with Gasteiger partial charge in [-0.3, -0.25) is 4.79 Å². The second-order valence-electron chi connectivity index (χ2n) is 6.85. The summed E-state index contributed by atoms with van der Waals surface area (Å²) in [6, 6.07) is 8.53. The molecule has 0 radical (unpaired) electrons. The van der Waals surface area contributed by atoms with Gasteiger partial charge in [0.05, 0.1) is 0 Å². The van der Waals surface area contributed by atoms with E-state index >= 15 is 0 Å². The predicted molar refractivity (Wildman–Crippen MR) is 102 cm³/mol. The third-order valence-corrected chi connectivity index (χ3v) is 6.32. The fourth-order valence-corrected chi connectivity index (χ4v) is 4.74. The molecule has 7 heteroatoms. The first-order valence-corrected chi connectivity index (χ1v) is 9.94. The minimum atomic E-state index is -0.239. The molecule has 1 fully saturated rings. The zero-order valence-corrected chi connectivity index (χ0v) is 15.5. The van der Waals surface area contributed by atoms with E-state index in [1.165, 1.54) is 17.0 Å². The number of nitrogens with zero attached hydrogens (tertiary/aromatic N) is 3. The molecule has 1 amide bonds. The Labute approximate surface area is 160 Å². The molecule has 1 aliphatic heterocycles. The Kier molecular flexibility index (Phi) is 3.97. The minimum Gasteiger partial charge on any atom is -0.368 e. The molecule has 3 heterocycles. The summed E-state index contributed by atoms with van der Waals surface area (Å²) in [5.41, 5.74) is 3.45. The molecule has 1 aromatic carbocycles. The van der Waals surface area contributed by atoms with Gasteiger partial charge < -0.3 is 14.3 Å². The largest absolute Gasteiger partial charge is 0.368 e. The van der Waals surface area contributed by atoms with Crippen molar-refractivity contribution in [3.63, 3.8) is 0 Å². The van der Waals surface area contributed by atoms with Crippen LogP contribution in [-0.4, -0.2) is 42.1 Å².